The van der Waals surface area contributed by atoms with Crippen molar-refractivity contribution in [3.63, 3.8) is 0 Å². The predicted octanol–water partition coefficient (Wildman–Crippen LogP) is -1.96. The van der Waals surface area contributed by atoms with Gasteiger partial charge in [0.15, 0.2) is 6.29 Å². The molecular weight excluding hydrogens is 164 g/mol. The van der Waals surface area contributed by atoms with Crippen molar-refractivity contribution in [2.45, 2.75) is 31.2 Å². The van der Waals surface area contributed by atoms with Crippen molar-refractivity contribution in [3.8, 4) is 0 Å². The lowest BCUT2D eigenvalue weighted by Crippen LogP contribution is -2.59. The van der Waals surface area contributed by atoms with E-state index in [1.54, 1.807) is 0 Å². The molecule has 5 heteroatoms. The molecule has 0 aromatic heterocycles. The van der Waals surface area contributed by atoms with Gasteiger partial charge in [0.2, 0.25) is 0 Å². The lowest BCUT2D eigenvalue weighted by atomic mass is 9.83. The van der Waals surface area contributed by atoms with Gasteiger partial charge in [0.1, 0.15) is 17.3 Å². The largest absolute Gasteiger partial charge is 0.394 e. The van der Waals surface area contributed by atoms with Gasteiger partial charge in [-0.1, -0.05) is 0 Å². The lowest BCUT2D eigenvalue weighted by Gasteiger charge is -2.37. The van der Waals surface area contributed by atoms with Crippen LogP contribution in [0.3, 0.4) is 0 Å². The summed E-state index contributed by atoms with van der Waals surface area (Å²) in [5.74, 6) is 0. The Kier molecular flexibility index (Phi) is 3.34. The summed E-state index contributed by atoms with van der Waals surface area (Å²) in [5.41, 5.74) is -4.13. The fourth-order valence-corrected chi connectivity index (χ4v) is 0.634. The molecule has 72 valence electrons. The van der Waals surface area contributed by atoms with Crippen molar-refractivity contribution < 1.29 is 25.2 Å². The van der Waals surface area contributed by atoms with Gasteiger partial charge in [-0.2, -0.15) is 0 Å². The molecule has 3 atom stereocenters. The Labute approximate surface area is 70.3 Å². The number of carbonyl (C=O) groups excluding carboxylic acids is 1. The van der Waals surface area contributed by atoms with E-state index in [0.29, 0.717) is 0 Å². The van der Waals surface area contributed by atoms with Gasteiger partial charge in [-0.25, -0.2) is 0 Å². The Bertz CT molecular complexity index is 163. The highest BCUT2D eigenvalue weighted by Crippen LogP contribution is 2.23. The minimum atomic E-state index is -2.07. The van der Waals surface area contributed by atoms with E-state index in [9.17, 15) is 15.0 Å². The second kappa shape index (κ2) is 3.49. The van der Waals surface area contributed by atoms with Crippen LogP contribution in [0.15, 0.2) is 0 Å². The van der Waals surface area contributed by atoms with Crippen LogP contribution in [0.4, 0.5) is 0 Å². The molecule has 0 fully saturated rings. The second-order valence-electron chi connectivity index (χ2n) is 3.11. The number of hydrogen-bond donors (Lipinski definition) is 4. The van der Waals surface area contributed by atoms with E-state index < -0.39 is 23.9 Å². The summed E-state index contributed by atoms with van der Waals surface area (Å²) in [4.78, 5) is 10.3. The van der Waals surface area contributed by atoms with Crippen LogP contribution < -0.4 is 0 Å². The molecule has 0 aliphatic rings. The van der Waals surface area contributed by atoms with Crippen LogP contribution >= 0.6 is 0 Å². The third-order valence-electron chi connectivity index (χ3n) is 2.08. The van der Waals surface area contributed by atoms with E-state index in [1.807, 2.05) is 0 Å². The third-order valence-corrected chi connectivity index (χ3v) is 2.08. The summed E-state index contributed by atoms with van der Waals surface area (Å²) in [5, 5.41) is 36.2. The van der Waals surface area contributed by atoms with E-state index in [-0.39, 0.29) is 6.29 Å². The van der Waals surface area contributed by atoms with Crippen molar-refractivity contribution >= 4 is 6.29 Å². The highest BCUT2D eigenvalue weighted by atomic mass is 16.4. The Hall–Kier alpha value is -0.490. The molecule has 0 heterocycles. The quantitative estimate of drug-likeness (QED) is 0.375. The maximum atomic E-state index is 10.3. The molecule has 0 aliphatic heterocycles. The molecule has 12 heavy (non-hydrogen) atoms. The van der Waals surface area contributed by atoms with Gasteiger partial charge < -0.3 is 25.2 Å². The maximum Gasteiger partial charge on any atom is 0.154 e. The van der Waals surface area contributed by atoms with Crippen LogP contribution in [0.25, 0.3) is 0 Å². The molecule has 0 aromatic carbocycles. The van der Waals surface area contributed by atoms with Gasteiger partial charge in [-0.05, 0) is 13.8 Å². The highest BCUT2D eigenvalue weighted by Gasteiger charge is 2.47. The Balaban J connectivity index is 4.70. The lowest BCUT2D eigenvalue weighted by molar-refractivity contribution is -0.188. The van der Waals surface area contributed by atoms with Crippen molar-refractivity contribution in [3.05, 3.63) is 0 Å². The summed E-state index contributed by atoms with van der Waals surface area (Å²) in [6.45, 7) is 1.40. The van der Waals surface area contributed by atoms with Gasteiger partial charge in [0.05, 0.1) is 6.61 Å². The number of hydrogen-bond acceptors (Lipinski definition) is 5. The van der Waals surface area contributed by atoms with Crippen molar-refractivity contribution in [1.29, 1.82) is 0 Å². The van der Waals surface area contributed by atoms with E-state index in [4.69, 9.17) is 10.2 Å². The predicted molar refractivity (Wildman–Crippen MR) is 40.4 cm³/mol. The number of aliphatic hydroxyl groups excluding tert-OH is 2. The average molecular weight is 178 g/mol. The smallest absolute Gasteiger partial charge is 0.154 e. The van der Waals surface area contributed by atoms with Crippen LogP contribution in [-0.4, -0.2) is 50.6 Å². The summed E-state index contributed by atoms with van der Waals surface area (Å²) in [6, 6.07) is 0. The Morgan fingerprint density at radius 3 is 2.08 bits per heavy atom. The van der Waals surface area contributed by atoms with Crippen LogP contribution in [0.1, 0.15) is 13.8 Å². The van der Waals surface area contributed by atoms with Crippen LogP contribution in [0.2, 0.25) is 0 Å². The molecular formula is C7H14O5. The van der Waals surface area contributed by atoms with Crippen molar-refractivity contribution in [2.75, 3.05) is 6.61 Å². The first-order valence-corrected chi connectivity index (χ1v) is 3.49. The zero-order valence-electron chi connectivity index (χ0n) is 7.06. The van der Waals surface area contributed by atoms with E-state index in [2.05, 4.69) is 0 Å². The topological polar surface area (TPSA) is 98.0 Å². The first kappa shape index (κ1) is 11.5. The number of carbonyl (C=O) groups is 1. The minimum Gasteiger partial charge on any atom is -0.394 e. The van der Waals surface area contributed by atoms with Crippen molar-refractivity contribution in [2.24, 2.45) is 0 Å². The van der Waals surface area contributed by atoms with Gasteiger partial charge in [-0.3, -0.25) is 0 Å². The minimum absolute atomic E-state index is 0.117. The molecule has 0 amide bonds. The zero-order valence-corrected chi connectivity index (χ0v) is 7.06. The molecule has 0 radical (unpaired) electrons. The molecule has 0 bridgehead atoms. The fourth-order valence-electron chi connectivity index (χ4n) is 0.634. The molecule has 0 aliphatic carbocycles. The van der Waals surface area contributed by atoms with E-state index in [0.717, 1.165) is 13.8 Å². The summed E-state index contributed by atoms with van der Waals surface area (Å²) >= 11 is 0. The average Bonchev–Trinajstić information content (AvgIpc) is 2.02. The first-order chi connectivity index (χ1) is 5.29. The normalized spacial score (nSPS) is 23.8. The molecule has 0 rings (SSSR count). The Morgan fingerprint density at radius 2 is 1.83 bits per heavy atom. The van der Waals surface area contributed by atoms with Crippen LogP contribution in [0.5, 0.6) is 0 Å². The molecule has 0 unspecified atom stereocenters. The molecule has 0 aromatic rings. The molecule has 0 saturated heterocycles. The van der Waals surface area contributed by atoms with E-state index >= 15 is 0 Å². The van der Waals surface area contributed by atoms with Gasteiger partial charge >= 0.3 is 0 Å². The van der Waals surface area contributed by atoms with Crippen LogP contribution in [-0.2, 0) is 4.79 Å². The number of aliphatic hydroxyl groups is 4. The summed E-state index contributed by atoms with van der Waals surface area (Å²) in [7, 11) is 0. The molecule has 0 saturated carbocycles. The van der Waals surface area contributed by atoms with Gasteiger partial charge in [-0.15, -0.1) is 0 Å². The first-order valence-electron chi connectivity index (χ1n) is 3.49. The van der Waals surface area contributed by atoms with Gasteiger partial charge in [0.25, 0.3) is 0 Å². The summed E-state index contributed by atoms with van der Waals surface area (Å²) in [6.07, 6.45) is -1.44. The fraction of sp³-hybridized carbons (Fsp3) is 0.857. The SMILES string of the molecule is C[C@](O)(C=O)[C@@](C)(O)[C@H](O)CO. The molecule has 4 N–H and O–H groups in total. The number of aldehydes is 1. The Morgan fingerprint density at radius 1 is 1.42 bits per heavy atom. The van der Waals surface area contributed by atoms with E-state index in [1.165, 1.54) is 0 Å². The third kappa shape index (κ3) is 1.81. The van der Waals surface area contributed by atoms with Crippen LogP contribution in [0, 0.1) is 0 Å². The monoisotopic (exact) mass is 178 g/mol. The highest BCUT2D eigenvalue weighted by molar-refractivity contribution is 5.64. The standard InChI is InChI=1S/C7H14O5/c1-6(11,4-9)7(2,12)5(10)3-8/h4-5,8,10-12H,3H2,1-2H3/t5-,6+,7+/m1/s1. The summed E-state index contributed by atoms with van der Waals surface area (Å²) < 4.78 is 0. The zero-order chi connectivity index (χ0) is 9.99. The number of rotatable bonds is 4. The van der Waals surface area contributed by atoms with Crippen molar-refractivity contribution in [1.82, 2.24) is 0 Å². The van der Waals surface area contributed by atoms with Gasteiger partial charge in [0, 0.05) is 0 Å². The molecule has 0 spiro atoms. The maximum absolute atomic E-state index is 10.3. The molecule has 5 nitrogen and oxygen atoms in total. The second-order valence-corrected chi connectivity index (χ2v) is 3.11.